The first-order valence-electron chi connectivity index (χ1n) is 7.08. The topological polar surface area (TPSA) is 80.6 Å². The average molecular weight is 304 g/mol. The minimum Gasteiger partial charge on any atom is -0.494 e. The molecule has 22 heavy (non-hydrogen) atoms. The number of carbonyl (C=O) groups is 1. The summed E-state index contributed by atoms with van der Waals surface area (Å²) in [4.78, 5) is 24.0. The number of ether oxygens (including phenoxy) is 1. The van der Waals surface area contributed by atoms with Gasteiger partial charge in [-0.15, -0.1) is 0 Å². The molecule has 0 radical (unpaired) electrons. The maximum absolute atomic E-state index is 12.1. The van der Waals surface area contributed by atoms with Gasteiger partial charge in [-0.1, -0.05) is 0 Å². The van der Waals surface area contributed by atoms with E-state index in [0.29, 0.717) is 23.3 Å². The van der Waals surface area contributed by atoms with Gasteiger partial charge in [0.2, 0.25) is 0 Å². The van der Waals surface area contributed by atoms with E-state index in [1.807, 2.05) is 27.7 Å². The largest absolute Gasteiger partial charge is 0.494 e. The Hall–Kier alpha value is -2.34. The maximum Gasteiger partial charge on any atom is 0.349 e. The fraction of sp³-hybridized carbons (Fsp3) is 0.375. The highest BCUT2D eigenvalue weighted by Crippen LogP contribution is 2.20. The summed E-state index contributed by atoms with van der Waals surface area (Å²) in [6, 6.07) is 6.66. The third-order valence-electron chi connectivity index (χ3n) is 2.81. The first-order valence-corrected chi connectivity index (χ1v) is 7.08. The highest BCUT2D eigenvalue weighted by atomic mass is 16.5. The van der Waals surface area contributed by atoms with Gasteiger partial charge < -0.3 is 9.15 Å². The van der Waals surface area contributed by atoms with Crippen molar-refractivity contribution in [1.82, 2.24) is 10.9 Å². The molecule has 0 unspecified atom stereocenters. The molecule has 6 nitrogen and oxygen atoms in total. The van der Waals surface area contributed by atoms with Gasteiger partial charge in [-0.25, -0.2) is 10.2 Å². The lowest BCUT2D eigenvalue weighted by molar-refractivity contribution is 0.0911. The van der Waals surface area contributed by atoms with Crippen molar-refractivity contribution in [2.75, 3.05) is 6.61 Å². The molecule has 0 bridgehead atoms. The lowest BCUT2D eigenvalue weighted by Gasteiger charge is -2.20. The van der Waals surface area contributed by atoms with Gasteiger partial charge in [0.15, 0.2) is 0 Å². The molecular formula is C16H20N2O4. The van der Waals surface area contributed by atoms with E-state index in [-0.39, 0.29) is 11.1 Å². The van der Waals surface area contributed by atoms with Crippen molar-refractivity contribution < 1.29 is 13.9 Å². The van der Waals surface area contributed by atoms with Gasteiger partial charge in [-0.05, 0) is 45.9 Å². The van der Waals surface area contributed by atoms with Crippen LogP contribution in [0.5, 0.6) is 5.75 Å². The van der Waals surface area contributed by atoms with Gasteiger partial charge in [-0.2, -0.15) is 0 Å². The van der Waals surface area contributed by atoms with Crippen molar-refractivity contribution in [1.29, 1.82) is 0 Å². The Morgan fingerprint density at radius 2 is 2.00 bits per heavy atom. The molecule has 0 fully saturated rings. The second kappa shape index (κ2) is 6.19. The molecule has 1 aromatic carbocycles. The third-order valence-corrected chi connectivity index (χ3v) is 2.81. The van der Waals surface area contributed by atoms with Crippen LogP contribution in [0.4, 0.5) is 0 Å². The smallest absolute Gasteiger partial charge is 0.349 e. The molecule has 0 saturated carbocycles. The van der Waals surface area contributed by atoms with Gasteiger partial charge in [0, 0.05) is 17.0 Å². The second-order valence-corrected chi connectivity index (χ2v) is 5.91. The molecule has 1 heterocycles. The zero-order valence-electron chi connectivity index (χ0n) is 13.1. The van der Waals surface area contributed by atoms with Crippen molar-refractivity contribution in [3.05, 3.63) is 40.2 Å². The summed E-state index contributed by atoms with van der Waals surface area (Å²) in [6.45, 7) is 8.08. The summed E-state index contributed by atoms with van der Waals surface area (Å²) >= 11 is 0. The van der Waals surface area contributed by atoms with E-state index < -0.39 is 11.5 Å². The molecule has 1 amide bonds. The SMILES string of the molecule is CCOc1ccc2cc(C(=O)NNC(C)(C)C)c(=O)oc2c1. The van der Waals surface area contributed by atoms with Crippen LogP contribution in [-0.2, 0) is 0 Å². The summed E-state index contributed by atoms with van der Waals surface area (Å²) in [5, 5.41) is 0.656. The molecule has 0 atom stereocenters. The summed E-state index contributed by atoms with van der Waals surface area (Å²) in [7, 11) is 0. The molecule has 0 aliphatic heterocycles. The molecule has 0 aliphatic carbocycles. The van der Waals surface area contributed by atoms with Crippen molar-refractivity contribution in [3.63, 3.8) is 0 Å². The first kappa shape index (κ1) is 16.0. The van der Waals surface area contributed by atoms with Crippen LogP contribution < -0.4 is 21.2 Å². The average Bonchev–Trinajstić information content (AvgIpc) is 2.43. The van der Waals surface area contributed by atoms with E-state index >= 15 is 0 Å². The van der Waals surface area contributed by atoms with Crippen molar-refractivity contribution in [2.24, 2.45) is 0 Å². The van der Waals surface area contributed by atoms with Crippen LogP contribution in [-0.4, -0.2) is 18.1 Å². The molecule has 0 saturated heterocycles. The number of nitrogens with one attached hydrogen (secondary N) is 2. The third kappa shape index (κ3) is 3.85. The Labute approximate surface area is 128 Å². The van der Waals surface area contributed by atoms with Crippen molar-refractivity contribution >= 4 is 16.9 Å². The van der Waals surface area contributed by atoms with Gasteiger partial charge in [0.1, 0.15) is 16.9 Å². The zero-order valence-corrected chi connectivity index (χ0v) is 13.1. The summed E-state index contributed by atoms with van der Waals surface area (Å²) in [5.41, 5.74) is 4.67. The monoisotopic (exact) mass is 304 g/mol. The van der Waals surface area contributed by atoms with Gasteiger partial charge in [0.25, 0.3) is 5.91 Å². The zero-order chi connectivity index (χ0) is 16.3. The van der Waals surface area contributed by atoms with Crippen LogP contribution in [0, 0.1) is 0 Å². The van der Waals surface area contributed by atoms with Crippen LogP contribution in [0.15, 0.2) is 33.5 Å². The maximum atomic E-state index is 12.1. The van der Waals surface area contributed by atoms with Crippen LogP contribution >= 0.6 is 0 Å². The highest BCUT2D eigenvalue weighted by Gasteiger charge is 2.16. The molecule has 1 aromatic heterocycles. The van der Waals surface area contributed by atoms with E-state index in [4.69, 9.17) is 9.15 Å². The fourth-order valence-corrected chi connectivity index (χ4v) is 1.82. The quantitative estimate of drug-likeness (QED) is 0.669. The number of amides is 1. The Balaban J connectivity index is 2.32. The Morgan fingerprint density at radius 1 is 1.27 bits per heavy atom. The molecule has 2 aromatic rings. The standard InChI is InChI=1S/C16H20N2O4/c1-5-21-11-7-6-10-8-12(15(20)22-13(10)9-11)14(19)17-18-16(2,3)4/h6-9,18H,5H2,1-4H3,(H,17,19). The second-order valence-electron chi connectivity index (χ2n) is 5.91. The summed E-state index contributed by atoms with van der Waals surface area (Å²) < 4.78 is 10.6. The fourth-order valence-electron chi connectivity index (χ4n) is 1.82. The van der Waals surface area contributed by atoms with Crippen molar-refractivity contribution in [2.45, 2.75) is 33.2 Å². The van der Waals surface area contributed by atoms with Crippen molar-refractivity contribution in [3.8, 4) is 5.75 Å². The molecule has 0 aliphatic rings. The predicted octanol–water partition coefficient (Wildman–Crippen LogP) is 2.22. The minimum atomic E-state index is -0.686. The molecule has 2 rings (SSSR count). The number of hydrogen-bond donors (Lipinski definition) is 2. The van der Waals surface area contributed by atoms with Gasteiger partial charge >= 0.3 is 5.63 Å². The number of hydrazine groups is 1. The van der Waals surface area contributed by atoms with E-state index in [1.54, 1.807) is 18.2 Å². The number of carbonyl (C=O) groups excluding carboxylic acids is 1. The molecule has 2 N–H and O–H groups in total. The number of hydrogen-bond acceptors (Lipinski definition) is 5. The van der Waals surface area contributed by atoms with Crippen LogP contribution in [0.25, 0.3) is 11.0 Å². The van der Waals surface area contributed by atoms with E-state index in [0.717, 1.165) is 0 Å². The van der Waals surface area contributed by atoms with Crippen LogP contribution in [0.1, 0.15) is 38.1 Å². The summed E-state index contributed by atoms with van der Waals surface area (Å²) in [5.74, 6) is 0.0872. The molecule has 0 spiro atoms. The van der Waals surface area contributed by atoms with E-state index in [1.165, 1.54) is 6.07 Å². The van der Waals surface area contributed by atoms with Gasteiger partial charge in [0.05, 0.1) is 6.61 Å². The normalized spacial score (nSPS) is 11.5. The molecular weight excluding hydrogens is 284 g/mol. The number of fused-ring (bicyclic) bond motifs is 1. The highest BCUT2D eigenvalue weighted by molar-refractivity contribution is 5.96. The number of benzene rings is 1. The minimum absolute atomic E-state index is 0.0478. The van der Waals surface area contributed by atoms with Gasteiger partial charge in [-0.3, -0.25) is 10.2 Å². The number of rotatable bonds is 4. The lowest BCUT2D eigenvalue weighted by atomic mass is 10.1. The first-order chi connectivity index (χ1) is 10.3. The molecule has 118 valence electrons. The Kier molecular flexibility index (Phi) is 4.51. The van der Waals surface area contributed by atoms with Crippen LogP contribution in [0.3, 0.4) is 0 Å². The predicted molar refractivity (Wildman–Crippen MR) is 84.0 cm³/mol. The summed E-state index contributed by atoms with van der Waals surface area (Å²) in [6.07, 6.45) is 0. The lowest BCUT2D eigenvalue weighted by Crippen LogP contribution is -2.49. The van der Waals surface area contributed by atoms with Crippen LogP contribution in [0.2, 0.25) is 0 Å². The Morgan fingerprint density at radius 3 is 2.64 bits per heavy atom. The molecule has 6 heteroatoms. The van der Waals surface area contributed by atoms with E-state index in [9.17, 15) is 9.59 Å². The Bertz CT molecular complexity index is 744. The van der Waals surface area contributed by atoms with E-state index in [2.05, 4.69) is 10.9 Å².